The first-order valence-electron chi connectivity index (χ1n) is 11.6. The van der Waals surface area contributed by atoms with Crippen LogP contribution in [-0.4, -0.2) is 41.9 Å². The Balaban J connectivity index is 1.36. The van der Waals surface area contributed by atoms with Gasteiger partial charge in [-0.15, -0.1) is 0 Å². The van der Waals surface area contributed by atoms with Gasteiger partial charge in [0.2, 0.25) is 0 Å². The maximum absolute atomic E-state index is 11.8. The first-order valence-corrected chi connectivity index (χ1v) is 11.6. The van der Waals surface area contributed by atoms with Crippen molar-refractivity contribution in [3.8, 4) is 0 Å². The molecule has 178 valence electrons. The molecule has 3 aromatic carbocycles. The van der Waals surface area contributed by atoms with E-state index in [4.69, 9.17) is 23.7 Å². The summed E-state index contributed by atoms with van der Waals surface area (Å²) < 4.78 is 30.9. The molecule has 6 atom stereocenters. The van der Waals surface area contributed by atoms with Crippen LogP contribution in [0.5, 0.6) is 0 Å². The van der Waals surface area contributed by atoms with Crippen molar-refractivity contribution in [2.75, 3.05) is 6.61 Å². The topological polar surface area (TPSA) is 66.4 Å². The third kappa shape index (κ3) is 5.08. The van der Waals surface area contributed by atoms with Crippen LogP contribution in [0.2, 0.25) is 0 Å². The summed E-state index contributed by atoms with van der Waals surface area (Å²) in [5, 5.41) is 11.8. The normalized spacial score (nSPS) is 31.1. The Morgan fingerprint density at radius 1 is 0.794 bits per heavy atom. The van der Waals surface area contributed by atoms with Gasteiger partial charge in [0.25, 0.3) is 0 Å². The van der Waals surface area contributed by atoms with Gasteiger partial charge in [0.15, 0.2) is 12.6 Å². The van der Waals surface area contributed by atoms with Gasteiger partial charge in [0.05, 0.1) is 19.8 Å². The van der Waals surface area contributed by atoms with E-state index in [1.807, 2.05) is 91.0 Å². The van der Waals surface area contributed by atoms with Crippen LogP contribution in [-0.2, 0) is 36.9 Å². The Bertz CT molecular complexity index is 1030. The molecule has 0 amide bonds. The molecule has 34 heavy (non-hydrogen) atoms. The molecule has 2 aliphatic heterocycles. The van der Waals surface area contributed by atoms with Crippen molar-refractivity contribution < 1.29 is 28.8 Å². The Kier molecular flexibility index (Phi) is 7.06. The fourth-order valence-corrected chi connectivity index (χ4v) is 4.51. The number of aliphatic hydroxyl groups is 1. The van der Waals surface area contributed by atoms with Crippen LogP contribution >= 0.6 is 0 Å². The van der Waals surface area contributed by atoms with E-state index < -0.39 is 36.5 Å². The van der Waals surface area contributed by atoms with Gasteiger partial charge in [-0.1, -0.05) is 91.0 Å². The minimum atomic E-state index is -1.38. The van der Waals surface area contributed by atoms with Crippen molar-refractivity contribution >= 4 is 0 Å². The maximum Gasteiger partial charge on any atom is 0.187 e. The van der Waals surface area contributed by atoms with Crippen LogP contribution in [0, 0.1) is 0 Å². The number of benzene rings is 3. The van der Waals surface area contributed by atoms with Gasteiger partial charge in [0, 0.05) is 5.56 Å². The highest BCUT2D eigenvalue weighted by atomic mass is 16.8. The summed E-state index contributed by atoms with van der Waals surface area (Å²) in [6, 6.07) is 29.4. The molecule has 2 heterocycles. The number of ether oxygens (including phenoxy) is 5. The van der Waals surface area contributed by atoms with Crippen molar-refractivity contribution in [2.45, 2.75) is 56.6 Å². The van der Waals surface area contributed by atoms with E-state index >= 15 is 0 Å². The van der Waals surface area contributed by atoms with Crippen LogP contribution in [0.1, 0.15) is 29.9 Å². The largest absolute Gasteiger partial charge is 0.384 e. The molecular weight excluding hydrogens is 432 g/mol. The van der Waals surface area contributed by atoms with Crippen LogP contribution in [0.25, 0.3) is 0 Å². The van der Waals surface area contributed by atoms with Crippen LogP contribution in [0.3, 0.4) is 0 Å². The highest BCUT2D eigenvalue weighted by molar-refractivity contribution is 5.18. The van der Waals surface area contributed by atoms with Crippen molar-refractivity contribution in [3.63, 3.8) is 0 Å². The van der Waals surface area contributed by atoms with Crippen LogP contribution < -0.4 is 0 Å². The monoisotopic (exact) mass is 462 g/mol. The van der Waals surface area contributed by atoms with Gasteiger partial charge < -0.3 is 28.8 Å². The van der Waals surface area contributed by atoms with E-state index in [-0.39, 0.29) is 6.61 Å². The highest BCUT2D eigenvalue weighted by Crippen LogP contribution is 2.41. The average molecular weight is 463 g/mol. The fourth-order valence-electron chi connectivity index (χ4n) is 4.51. The quantitative estimate of drug-likeness (QED) is 0.562. The molecule has 1 N–H and O–H groups in total. The summed E-state index contributed by atoms with van der Waals surface area (Å²) in [4.78, 5) is 0. The summed E-state index contributed by atoms with van der Waals surface area (Å²) in [7, 11) is 0. The molecule has 2 saturated heterocycles. The standard InChI is InChI=1S/C28H30O6/c1-28(29)24-23(19-32-26(34-24)22-15-9-4-10-16-22)33-27(31-18-21-13-7-3-8-14-21)25(28)30-17-20-11-5-2-6-12-20/h2-16,23-27,29H,17-19H2,1H3/t23-,24-,25-,26?,27+,28+/m1/s1. The highest BCUT2D eigenvalue weighted by Gasteiger charge is 2.57. The molecule has 3 aromatic rings. The second kappa shape index (κ2) is 10.4. The second-order valence-corrected chi connectivity index (χ2v) is 8.92. The molecule has 0 spiro atoms. The molecule has 5 rings (SSSR count). The molecule has 0 saturated carbocycles. The molecule has 0 aromatic heterocycles. The summed E-state index contributed by atoms with van der Waals surface area (Å²) in [5.74, 6) is 0. The number of fused-ring (bicyclic) bond motifs is 1. The number of rotatable bonds is 7. The lowest BCUT2D eigenvalue weighted by Gasteiger charge is -2.52. The van der Waals surface area contributed by atoms with E-state index in [1.165, 1.54) is 0 Å². The smallest absolute Gasteiger partial charge is 0.187 e. The summed E-state index contributed by atoms with van der Waals surface area (Å²) in [5.41, 5.74) is 1.52. The zero-order valence-electron chi connectivity index (χ0n) is 19.2. The first-order chi connectivity index (χ1) is 16.6. The summed E-state index contributed by atoms with van der Waals surface area (Å²) in [6.45, 7) is 2.65. The van der Waals surface area contributed by atoms with Crippen molar-refractivity contribution in [1.29, 1.82) is 0 Å². The lowest BCUT2D eigenvalue weighted by atomic mass is 9.85. The number of hydrogen-bond acceptors (Lipinski definition) is 6. The fraction of sp³-hybridized carbons (Fsp3) is 0.357. The van der Waals surface area contributed by atoms with Crippen LogP contribution in [0.15, 0.2) is 91.0 Å². The maximum atomic E-state index is 11.8. The van der Waals surface area contributed by atoms with Gasteiger partial charge in [-0.05, 0) is 18.1 Å². The zero-order chi connectivity index (χ0) is 23.4. The zero-order valence-corrected chi connectivity index (χ0v) is 19.2. The Morgan fingerprint density at radius 2 is 1.35 bits per heavy atom. The molecule has 2 fully saturated rings. The molecule has 0 aliphatic carbocycles. The van der Waals surface area contributed by atoms with E-state index in [2.05, 4.69) is 0 Å². The third-order valence-electron chi connectivity index (χ3n) is 6.33. The van der Waals surface area contributed by atoms with E-state index in [0.717, 1.165) is 16.7 Å². The molecule has 6 heteroatoms. The van der Waals surface area contributed by atoms with Gasteiger partial charge in [-0.25, -0.2) is 0 Å². The van der Waals surface area contributed by atoms with Gasteiger partial charge >= 0.3 is 0 Å². The summed E-state index contributed by atoms with van der Waals surface area (Å²) >= 11 is 0. The molecular formula is C28H30O6. The van der Waals surface area contributed by atoms with Gasteiger partial charge in [-0.2, -0.15) is 0 Å². The molecule has 6 nitrogen and oxygen atoms in total. The molecule has 2 aliphatic rings. The van der Waals surface area contributed by atoms with Crippen molar-refractivity contribution in [3.05, 3.63) is 108 Å². The first kappa shape index (κ1) is 23.2. The summed E-state index contributed by atoms with van der Waals surface area (Å²) in [6.07, 6.45) is -3.29. The van der Waals surface area contributed by atoms with Gasteiger partial charge in [0.1, 0.15) is 23.9 Å². The Morgan fingerprint density at radius 3 is 1.97 bits per heavy atom. The lowest BCUT2D eigenvalue weighted by molar-refractivity contribution is -0.390. The number of hydrogen-bond donors (Lipinski definition) is 1. The van der Waals surface area contributed by atoms with E-state index in [1.54, 1.807) is 6.92 Å². The Hall–Kier alpha value is -2.58. The van der Waals surface area contributed by atoms with E-state index in [9.17, 15) is 5.11 Å². The second-order valence-electron chi connectivity index (χ2n) is 8.92. The van der Waals surface area contributed by atoms with Crippen molar-refractivity contribution in [1.82, 2.24) is 0 Å². The minimum absolute atomic E-state index is 0.275. The Labute approximate surface area is 200 Å². The SMILES string of the molecule is C[C@@]1(O)[C@H](OCc2ccccc2)[C@@H](OCc2ccccc2)O[C@@H]2COC(c3ccccc3)O[C@H]21. The predicted molar refractivity (Wildman–Crippen MR) is 126 cm³/mol. The lowest BCUT2D eigenvalue weighted by Crippen LogP contribution is -2.69. The molecule has 1 unspecified atom stereocenters. The van der Waals surface area contributed by atoms with E-state index in [0.29, 0.717) is 13.2 Å². The molecule has 0 radical (unpaired) electrons. The minimum Gasteiger partial charge on any atom is -0.384 e. The van der Waals surface area contributed by atoms with Crippen molar-refractivity contribution in [2.24, 2.45) is 0 Å². The molecule has 0 bridgehead atoms. The average Bonchev–Trinajstić information content (AvgIpc) is 2.88. The van der Waals surface area contributed by atoms with Crippen LogP contribution in [0.4, 0.5) is 0 Å². The predicted octanol–water partition coefficient (Wildman–Crippen LogP) is 4.38. The third-order valence-corrected chi connectivity index (χ3v) is 6.33. The van der Waals surface area contributed by atoms with Gasteiger partial charge in [-0.3, -0.25) is 0 Å².